The summed E-state index contributed by atoms with van der Waals surface area (Å²) in [5.74, 6) is -4.98. The van der Waals surface area contributed by atoms with Crippen molar-refractivity contribution in [1.82, 2.24) is 0 Å². The van der Waals surface area contributed by atoms with E-state index >= 15 is 0 Å². The minimum atomic E-state index is -4.60. The van der Waals surface area contributed by atoms with Crippen LogP contribution in [0, 0.1) is 17.5 Å². The Hall–Kier alpha value is -0.950. The van der Waals surface area contributed by atoms with E-state index in [1.807, 2.05) is 0 Å². The fraction of sp³-hybridized carbons (Fsp3) is 0.333. The van der Waals surface area contributed by atoms with Crippen molar-refractivity contribution in [3.8, 4) is 0 Å². The second-order valence-corrected chi connectivity index (χ2v) is 3.19. The predicted octanol–water partition coefficient (Wildman–Crippen LogP) is 3.48. The minimum absolute atomic E-state index is 0. The molecule has 8 heteroatoms. The van der Waals surface area contributed by atoms with Crippen LogP contribution in [-0.4, -0.2) is 6.18 Å². The standard InChI is InChI=1S/C9H7F6N.ClH/c10-5-2-1-4(7(11)8(5)12)6(16)3-9(13,14)15;/h1-2,6H,3,16H2;1H/t6-;/m0./s1. The van der Waals surface area contributed by atoms with Gasteiger partial charge in [0.05, 0.1) is 6.42 Å². The Balaban J connectivity index is 0.00000256. The van der Waals surface area contributed by atoms with Crippen LogP contribution >= 0.6 is 12.4 Å². The third-order valence-corrected chi connectivity index (χ3v) is 1.92. The van der Waals surface area contributed by atoms with Gasteiger partial charge in [-0.2, -0.15) is 13.2 Å². The summed E-state index contributed by atoms with van der Waals surface area (Å²) in [5, 5.41) is 0. The average Bonchev–Trinajstić information content (AvgIpc) is 2.11. The molecule has 0 radical (unpaired) electrons. The van der Waals surface area contributed by atoms with Crippen LogP contribution in [0.4, 0.5) is 26.3 Å². The van der Waals surface area contributed by atoms with Gasteiger partial charge >= 0.3 is 6.18 Å². The third kappa shape index (κ3) is 4.08. The summed E-state index contributed by atoms with van der Waals surface area (Å²) in [6, 6.07) is -0.524. The van der Waals surface area contributed by atoms with Gasteiger partial charge in [-0.25, -0.2) is 13.2 Å². The molecule has 0 spiro atoms. The lowest BCUT2D eigenvalue weighted by molar-refractivity contribution is -0.138. The van der Waals surface area contributed by atoms with Gasteiger partial charge in [0.25, 0.3) is 0 Å². The zero-order valence-corrected chi connectivity index (χ0v) is 9.01. The van der Waals surface area contributed by atoms with E-state index in [1.165, 1.54) is 0 Å². The number of alkyl halides is 3. The smallest absolute Gasteiger partial charge is 0.324 e. The highest BCUT2D eigenvalue weighted by molar-refractivity contribution is 5.85. The maximum Gasteiger partial charge on any atom is 0.390 e. The Kier molecular flexibility index (Phi) is 5.28. The zero-order chi connectivity index (χ0) is 12.5. The highest BCUT2D eigenvalue weighted by Gasteiger charge is 2.32. The molecule has 0 aliphatic heterocycles. The van der Waals surface area contributed by atoms with Crippen molar-refractivity contribution in [3.63, 3.8) is 0 Å². The van der Waals surface area contributed by atoms with Crippen LogP contribution in [0.15, 0.2) is 12.1 Å². The first-order valence-corrected chi connectivity index (χ1v) is 4.18. The first-order chi connectivity index (χ1) is 7.22. The maximum atomic E-state index is 13.0. The number of hydrogen-bond donors (Lipinski definition) is 1. The predicted molar refractivity (Wildman–Crippen MR) is 51.2 cm³/mol. The zero-order valence-electron chi connectivity index (χ0n) is 8.19. The molecule has 0 heterocycles. The first-order valence-electron chi connectivity index (χ1n) is 4.18. The fourth-order valence-electron chi connectivity index (χ4n) is 1.19. The normalized spacial score (nSPS) is 13.1. The summed E-state index contributed by atoms with van der Waals surface area (Å²) in [4.78, 5) is 0. The summed E-state index contributed by atoms with van der Waals surface area (Å²) >= 11 is 0. The van der Waals surface area contributed by atoms with Crippen molar-refractivity contribution in [2.75, 3.05) is 0 Å². The van der Waals surface area contributed by atoms with Crippen molar-refractivity contribution in [2.24, 2.45) is 5.73 Å². The fourth-order valence-corrected chi connectivity index (χ4v) is 1.19. The van der Waals surface area contributed by atoms with Crippen LogP contribution in [0.3, 0.4) is 0 Å². The molecular weight excluding hydrogens is 272 g/mol. The van der Waals surface area contributed by atoms with Crippen molar-refractivity contribution in [2.45, 2.75) is 18.6 Å². The minimum Gasteiger partial charge on any atom is -0.324 e. The van der Waals surface area contributed by atoms with Gasteiger partial charge in [0.2, 0.25) is 0 Å². The van der Waals surface area contributed by atoms with Gasteiger partial charge in [0.1, 0.15) is 0 Å². The molecular formula is C9H8ClF6N. The van der Waals surface area contributed by atoms with E-state index in [9.17, 15) is 26.3 Å². The molecule has 2 N–H and O–H groups in total. The third-order valence-electron chi connectivity index (χ3n) is 1.92. The molecule has 1 aromatic carbocycles. The van der Waals surface area contributed by atoms with E-state index < -0.39 is 41.7 Å². The number of rotatable bonds is 2. The van der Waals surface area contributed by atoms with Crippen LogP contribution in [0.2, 0.25) is 0 Å². The lowest BCUT2D eigenvalue weighted by Crippen LogP contribution is -2.21. The van der Waals surface area contributed by atoms with E-state index in [0.717, 1.165) is 0 Å². The highest BCUT2D eigenvalue weighted by Crippen LogP contribution is 2.30. The summed E-state index contributed by atoms with van der Waals surface area (Å²) in [7, 11) is 0. The van der Waals surface area contributed by atoms with Crippen LogP contribution in [0.1, 0.15) is 18.0 Å². The second kappa shape index (κ2) is 5.59. The second-order valence-electron chi connectivity index (χ2n) is 3.19. The van der Waals surface area contributed by atoms with Crippen molar-refractivity contribution >= 4 is 12.4 Å². The highest BCUT2D eigenvalue weighted by atomic mass is 35.5. The molecule has 0 saturated carbocycles. The monoisotopic (exact) mass is 279 g/mol. The molecule has 0 aliphatic rings. The maximum absolute atomic E-state index is 13.0. The van der Waals surface area contributed by atoms with Gasteiger partial charge in [0.15, 0.2) is 17.5 Å². The van der Waals surface area contributed by atoms with Gasteiger partial charge in [-0.05, 0) is 6.07 Å². The van der Waals surface area contributed by atoms with Crippen molar-refractivity contribution < 1.29 is 26.3 Å². The summed E-state index contributed by atoms with van der Waals surface area (Å²) in [5.41, 5.74) is 4.35. The molecule has 0 aliphatic carbocycles. The van der Waals surface area contributed by atoms with Gasteiger partial charge in [0, 0.05) is 11.6 Å². The van der Waals surface area contributed by atoms with Crippen molar-refractivity contribution in [1.29, 1.82) is 0 Å². The molecule has 1 rings (SSSR count). The Morgan fingerprint density at radius 1 is 1.06 bits per heavy atom. The molecule has 17 heavy (non-hydrogen) atoms. The van der Waals surface area contributed by atoms with Crippen LogP contribution in [0.25, 0.3) is 0 Å². The molecule has 1 nitrogen and oxygen atoms in total. The Labute approximate surface area is 99.0 Å². The number of hydrogen-bond acceptors (Lipinski definition) is 1. The van der Waals surface area contributed by atoms with Crippen LogP contribution in [-0.2, 0) is 0 Å². The van der Waals surface area contributed by atoms with Gasteiger partial charge in [-0.1, -0.05) is 6.07 Å². The van der Waals surface area contributed by atoms with Crippen LogP contribution < -0.4 is 5.73 Å². The van der Waals surface area contributed by atoms with E-state index in [2.05, 4.69) is 0 Å². The SMILES string of the molecule is Cl.N[C@@H](CC(F)(F)F)c1ccc(F)c(F)c1F. The quantitative estimate of drug-likeness (QED) is 0.651. The largest absolute Gasteiger partial charge is 0.390 e. The van der Waals surface area contributed by atoms with E-state index in [0.29, 0.717) is 12.1 Å². The molecule has 1 aromatic rings. The summed E-state index contributed by atoms with van der Waals surface area (Å²) in [6.07, 6.45) is -6.11. The van der Waals surface area contributed by atoms with Gasteiger partial charge in [-0.15, -0.1) is 12.4 Å². The number of benzene rings is 1. The topological polar surface area (TPSA) is 26.0 Å². The van der Waals surface area contributed by atoms with Crippen molar-refractivity contribution in [3.05, 3.63) is 35.1 Å². The van der Waals surface area contributed by atoms with Gasteiger partial charge in [-0.3, -0.25) is 0 Å². The Bertz CT molecular complexity index is 392. The Morgan fingerprint density at radius 3 is 2.06 bits per heavy atom. The molecule has 0 amide bonds. The Morgan fingerprint density at radius 2 is 1.59 bits per heavy atom. The number of halogens is 7. The average molecular weight is 280 g/mol. The molecule has 98 valence electrons. The lowest BCUT2D eigenvalue weighted by atomic mass is 10.0. The van der Waals surface area contributed by atoms with E-state index in [1.54, 1.807) is 0 Å². The molecule has 0 fully saturated rings. The van der Waals surface area contributed by atoms with E-state index in [-0.39, 0.29) is 12.4 Å². The molecule has 0 unspecified atom stereocenters. The number of nitrogens with two attached hydrogens (primary N) is 1. The van der Waals surface area contributed by atoms with E-state index in [4.69, 9.17) is 5.73 Å². The summed E-state index contributed by atoms with van der Waals surface area (Å²) < 4.78 is 74.0. The first kappa shape index (κ1) is 16.1. The molecule has 0 aromatic heterocycles. The lowest BCUT2D eigenvalue weighted by Gasteiger charge is -2.15. The molecule has 1 atom stereocenters. The molecule has 0 bridgehead atoms. The van der Waals surface area contributed by atoms with Crippen LogP contribution in [0.5, 0.6) is 0 Å². The molecule has 0 saturated heterocycles. The van der Waals surface area contributed by atoms with Gasteiger partial charge < -0.3 is 5.73 Å². The summed E-state index contributed by atoms with van der Waals surface area (Å²) in [6.45, 7) is 0.